The van der Waals surface area contributed by atoms with Crippen molar-refractivity contribution in [2.45, 2.75) is 56.5 Å². The number of carbonyl (C=O) groups is 1. The normalized spacial score (nSPS) is 34.6. The van der Waals surface area contributed by atoms with Gasteiger partial charge in [0.25, 0.3) is 5.69 Å². The zero-order valence-electron chi connectivity index (χ0n) is 21.3. The lowest BCUT2D eigenvalue weighted by atomic mass is 9.47. The predicted octanol–water partition coefficient (Wildman–Crippen LogP) is 6.44. The van der Waals surface area contributed by atoms with Gasteiger partial charge in [0.1, 0.15) is 5.02 Å². The van der Waals surface area contributed by atoms with E-state index in [4.69, 9.17) is 11.6 Å². The Balaban J connectivity index is 1.46. The number of ketones is 1. The minimum atomic E-state index is -1.63. The molecule has 2 aromatic carbocycles. The van der Waals surface area contributed by atoms with Crippen molar-refractivity contribution < 1.29 is 9.72 Å². The molecule has 0 radical (unpaired) electrons. The fourth-order valence-corrected chi connectivity index (χ4v) is 9.38. The molecule has 0 unspecified atom stereocenters. The predicted molar refractivity (Wildman–Crippen MR) is 146 cm³/mol. The maximum absolute atomic E-state index is 15.1. The second kappa shape index (κ2) is 8.41. The lowest BCUT2D eigenvalue weighted by Crippen LogP contribution is -2.56. The van der Waals surface area contributed by atoms with E-state index in [9.17, 15) is 20.6 Å². The molecule has 4 saturated carbocycles. The van der Waals surface area contributed by atoms with Gasteiger partial charge >= 0.3 is 0 Å². The summed E-state index contributed by atoms with van der Waals surface area (Å²) in [4.78, 5) is 28.4. The van der Waals surface area contributed by atoms with Crippen LogP contribution in [0.3, 0.4) is 0 Å². The van der Waals surface area contributed by atoms with E-state index in [2.05, 4.69) is 12.1 Å². The summed E-state index contributed by atoms with van der Waals surface area (Å²) in [5, 5.41) is 33.2. The average Bonchev–Trinajstić information content (AvgIpc) is 3.23. The average molecular weight is 539 g/mol. The van der Waals surface area contributed by atoms with Gasteiger partial charge in [0.15, 0.2) is 11.2 Å². The van der Waals surface area contributed by atoms with Crippen LogP contribution in [-0.4, -0.2) is 22.8 Å². The van der Waals surface area contributed by atoms with Gasteiger partial charge in [0.2, 0.25) is 0 Å². The number of halogens is 1. The number of hydrogen-bond donors (Lipinski definition) is 0. The molecule has 4 aliphatic carbocycles. The molecule has 2 aliphatic heterocycles. The minimum absolute atomic E-state index is 0.0202. The van der Waals surface area contributed by atoms with E-state index in [1.807, 2.05) is 41.3 Å². The summed E-state index contributed by atoms with van der Waals surface area (Å²) in [6.07, 6.45) is 9.88. The highest BCUT2D eigenvalue weighted by Gasteiger charge is 2.67. The first-order chi connectivity index (χ1) is 18.8. The third-order valence-corrected chi connectivity index (χ3v) is 10.6. The van der Waals surface area contributed by atoms with E-state index >= 15 is 4.79 Å². The number of hydrogen-bond acceptors (Lipinski definition) is 6. The number of benzene rings is 2. The smallest absolute Gasteiger partial charge is 0.288 e. The Morgan fingerprint density at radius 3 is 2.28 bits per heavy atom. The van der Waals surface area contributed by atoms with Gasteiger partial charge in [-0.15, -0.1) is 0 Å². The second-order valence-electron chi connectivity index (χ2n) is 12.3. The Bertz CT molecular complexity index is 1490. The minimum Gasteiger partial charge on any atom is -0.351 e. The number of para-hydroxylation sites is 1. The SMILES string of the molecule is N#CC1(C#N)[C@H](c2ccc(Cl)c([N+](=O)[O-])c2)[C@@H](C(=O)C23CC4CC(CC(C4)C2)C3)N2c3ccccc3C=C[C@@H]21. The van der Waals surface area contributed by atoms with Crippen molar-refractivity contribution in [1.29, 1.82) is 10.5 Å². The molecular weight excluding hydrogens is 512 g/mol. The first kappa shape index (κ1) is 24.4. The van der Waals surface area contributed by atoms with Crippen molar-refractivity contribution in [2.75, 3.05) is 4.90 Å². The highest BCUT2D eigenvalue weighted by molar-refractivity contribution is 6.32. The lowest BCUT2D eigenvalue weighted by Gasteiger charge is -2.57. The number of Topliss-reactive ketones (excluding diaryl/α,β-unsaturated/α-hetero) is 1. The maximum atomic E-state index is 15.1. The molecule has 6 aliphatic rings. The van der Waals surface area contributed by atoms with Crippen molar-refractivity contribution >= 4 is 34.8 Å². The third-order valence-electron chi connectivity index (χ3n) is 10.3. The number of rotatable bonds is 4. The molecule has 3 atom stereocenters. The Kier molecular flexibility index (Phi) is 5.25. The molecule has 2 aromatic rings. The summed E-state index contributed by atoms with van der Waals surface area (Å²) >= 11 is 6.18. The fraction of sp³-hybridized carbons (Fsp3) is 0.452. The van der Waals surface area contributed by atoms with Crippen LogP contribution in [-0.2, 0) is 4.79 Å². The Morgan fingerprint density at radius 2 is 1.67 bits per heavy atom. The summed E-state index contributed by atoms with van der Waals surface area (Å²) in [6.45, 7) is 0. The first-order valence-corrected chi connectivity index (χ1v) is 14.0. The number of nitrogens with zero attached hydrogens (tertiary/aromatic N) is 4. The Morgan fingerprint density at radius 1 is 1.03 bits per heavy atom. The Hall–Kier alpha value is -3.68. The van der Waals surface area contributed by atoms with Crippen LogP contribution >= 0.6 is 11.6 Å². The van der Waals surface area contributed by atoms with Gasteiger partial charge < -0.3 is 4.90 Å². The zero-order valence-corrected chi connectivity index (χ0v) is 22.1. The van der Waals surface area contributed by atoms with E-state index in [0.717, 1.165) is 30.5 Å². The number of carbonyl (C=O) groups excluding carboxylic acids is 1. The van der Waals surface area contributed by atoms with Crippen LogP contribution < -0.4 is 4.90 Å². The number of anilines is 1. The van der Waals surface area contributed by atoms with Gasteiger partial charge in [0, 0.05) is 23.1 Å². The van der Waals surface area contributed by atoms with Crippen molar-refractivity contribution in [3.05, 3.63) is 74.8 Å². The molecule has 8 rings (SSSR count). The number of nitro groups is 1. The maximum Gasteiger partial charge on any atom is 0.288 e. The van der Waals surface area contributed by atoms with Crippen LogP contribution in [0.2, 0.25) is 5.02 Å². The van der Waals surface area contributed by atoms with Crippen LogP contribution in [0.4, 0.5) is 11.4 Å². The molecule has 0 spiro atoms. The van der Waals surface area contributed by atoms with Gasteiger partial charge in [-0.25, -0.2) is 0 Å². The monoisotopic (exact) mass is 538 g/mol. The van der Waals surface area contributed by atoms with Gasteiger partial charge in [-0.05, 0) is 79.5 Å². The molecule has 0 amide bonds. The highest BCUT2D eigenvalue weighted by atomic mass is 35.5. The molecular formula is C31H27ClN4O3. The molecule has 4 bridgehead atoms. The van der Waals surface area contributed by atoms with Crippen molar-refractivity contribution in [3.63, 3.8) is 0 Å². The van der Waals surface area contributed by atoms with Crippen LogP contribution in [0.1, 0.15) is 55.6 Å². The molecule has 1 saturated heterocycles. The van der Waals surface area contributed by atoms with E-state index in [1.54, 1.807) is 6.07 Å². The molecule has 2 heterocycles. The molecule has 7 nitrogen and oxygen atoms in total. The molecule has 0 N–H and O–H groups in total. The fourth-order valence-electron chi connectivity index (χ4n) is 9.20. The summed E-state index contributed by atoms with van der Waals surface area (Å²) in [5.74, 6) is 0.824. The third kappa shape index (κ3) is 3.29. The van der Waals surface area contributed by atoms with E-state index in [-0.39, 0.29) is 16.5 Å². The van der Waals surface area contributed by atoms with Gasteiger partial charge in [0.05, 0.1) is 29.1 Å². The summed E-state index contributed by atoms with van der Waals surface area (Å²) < 4.78 is 0. The standard InChI is InChI=1S/C31H27ClN4O3/c32-23-7-5-22(12-25(23)36(38)39)27-28(29(37)30-13-18-9-19(14-30)11-20(10-18)15-30)35-24-4-2-1-3-21(24)6-8-26(35)31(27,16-33)17-34/h1-8,12,18-20,26-28H,9-11,13-15H2/t18?,19?,20?,26-,27-,28+,30?/m1/s1. The number of nitro benzene ring substituents is 1. The first-order valence-electron chi connectivity index (χ1n) is 13.7. The van der Waals surface area contributed by atoms with Crippen LogP contribution in [0.5, 0.6) is 0 Å². The molecule has 8 heteroatoms. The molecule has 5 fully saturated rings. The molecule has 0 aromatic heterocycles. The summed E-state index contributed by atoms with van der Waals surface area (Å²) in [5.41, 5.74) is -0.247. The van der Waals surface area contributed by atoms with Crippen LogP contribution in [0, 0.1) is 61.4 Å². The van der Waals surface area contributed by atoms with Crippen molar-refractivity contribution in [2.24, 2.45) is 28.6 Å². The van der Waals surface area contributed by atoms with Gasteiger partial charge in [-0.1, -0.05) is 48.0 Å². The van der Waals surface area contributed by atoms with Crippen molar-refractivity contribution in [3.8, 4) is 12.1 Å². The number of nitriles is 2. The van der Waals surface area contributed by atoms with Crippen LogP contribution in [0.25, 0.3) is 6.08 Å². The Labute approximate surface area is 231 Å². The molecule has 39 heavy (non-hydrogen) atoms. The lowest BCUT2D eigenvalue weighted by molar-refractivity contribution is -0.384. The summed E-state index contributed by atoms with van der Waals surface area (Å²) in [6, 6.07) is 15.4. The van der Waals surface area contributed by atoms with Crippen molar-refractivity contribution in [1.82, 2.24) is 0 Å². The molecule has 196 valence electrons. The zero-order chi connectivity index (χ0) is 27.1. The highest BCUT2D eigenvalue weighted by Crippen LogP contribution is 2.64. The van der Waals surface area contributed by atoms with E-state index < -0.39 is 33.8 Å². The van der Waals surface area contributed by atoms with Gasteiger partial charge in [-0.2, -0.15) is 10.5 Å². The van der Waals surface area contributed by atoms with E-state index in [0.29, 0.717) is 23.3 Å². The number of fused-ring (bicyclic) bond motifs is 3. The van der Waals surface area contributed by atoms with Gasteiger partial charge in [-0.3, -0.25) is 14.9 Å². The quantitative estimate of drug-likeness (QED) is 0.327. The second-order valence-corrected chi connectivity index (χ2v) is 12.7. The van der Waals surface area contributed by atoms with Crippen LogP contribution in [0.15, 0.2) is 48.5 Å². The summed E-state index contributed by atoms with van der Waals surface area (Å²) in [7, 11) is 0. The largest absolute Gasteiger partial charge is 0.351 e. The van der Waals surface area contributed by atoms with E-state index in [1.165, 1.54) is 31.4 Å². The topological polar surface area (TPSA) is 111 Å².